The molecule has 2 rings (SSSR count). The molecule has 2 aromatic rings. The summed E-state index contributed by atoms with van der Waals surface area (Å²) in [7, 11) is 1.52. The minimum absolute atomic E-state index is 0.646. The fraction of sp³-hybridized carbons (Fsp3) is 0.0769. The van der Waals surface area contributed by atoms with Crippen LogP contribution in [0.1, 0.15) is 0 Å². The van der Waals surface area contributed by atoms with Crippen molar-refractivity contribution in [3.63, 3.8) is 0 Å². The number of likely N-dealkylation sites (N-methyl/N-ethyl adjacent to an activating group) is 1. The molecule has 0 spiro atoms. The number of nitrogens with two attached hydrogens (primary N) is 1. The average Bonchev–Trinajstić information content (AvgIpc) is 2.36. The minimum Gasteiger partial charge on any atom is -0.361 e. The summed E-state index contributed by atoms with van der Waals surface area (Å²) in [5.41, 5.74) is 5.60. The summed E-state index contributed by atoms with van der Waals surface area (Å²) in [4.78, 5) is 23.5. The van der Waals surface area contributed by atoms with E-state index in [9.17, 15) is 9.59 Å². The third kappa shape index (κ3) is 2.10. The molecule has 0 fully saturated rings. The van der Waals surface area contributed by atoms with Crippen LogP contribution in [-0.4, -0.2) is 18.9 Å². The fourth-order valence-electron chi connectivity index (χ4n) is 1.67. The summed E-state index contributed by atoms with van der Waals surface area (Å²) in [6, 6.07) is 13.3. The number of hydrogen-bond acceptors (Lipinski definition) is 2. The number of carbonyl (C=O) groups excluding carboxylic acids is 2. The summed E-state index contributed by atoms with van der Waals surface area (Å²) in [5, 5.41) is 2.09. The van der Waals surface area contributed by atoms with Gasteiger partial charge < -0.3 is 10.6 Å². The van der Waals surface area contributed by atoms with E-state index in [4.69, 9.17) is 5.73 Å². The Kier molecular flexibility index (Phi) is 2.78. The Bertz CT molecular complexity index is 593. The van der Waals surface area contributed by atoms with Crippen molar-refractivity contribution in [3.8, 4) is 0 Å². The van der Waals surface area contributed by atoms with Crippen LogP contribution in [0.4, 0.5) is 5.69 Å². The molecule has 0 aromatic heterocycles. The molecule has 0 saturated carbocycles. The Labute approximate surface area is 98.6 Å². The van der Waals surface area contributed by atoms with Crippen LogP contribution in [-0.2, 0) is 9.59 Å². The summed E-state index contributed by atoms with van der Waals surface area (Å²) < 4.78 is 0. The fourth-order valence-corrected chi connectivity index (χ4v) is 1.67. The second-order valence-electron chi connectivity index (χ2n) is 3.76. The Balaban J connectivity index is 2.43. The maximum absolute atomic E-state index is 11.4. The molecular formula is C13H12N2O2. The van der Waals surface area contributed by atoms with E-state index in [0.717, 1.165) is 10.8 Å². The first-order valence-electron chi connectivity index (χ1n) is 5.16. The monoisotopic (exact) mass is 228 g/mol. The molecule has 0 aliphatic heterocycles. The molecule has 4 heteroatoms. The van der Waals surface area contributed by atoms with Crippen molar-refractivity contribution in [1.82, 2.24) is 0 Å². The van der Waals surface area contributed by atoms with Crippen molar-refractivity contribution >= 4 is 28.3 Å². The molecule has 0 atom stereocenters. The highest BCUT2D eigenvalue weighted by molar-refractivity contribution is 6.39. The maximum atomic E-state index is 11.4. The predicted octanol–water partition coefficient (Wildman–Crippen LogP) is 1.29. The number of amides is 2. The van der Waals surface area contributed by atoms with Gasteiger partial charge in [0.2, 0.25) is 0 Å². The maximum Gasteiger partial charge on any atom is 0.315 e. The van der Waals surface area contributed by atoms with Gasteiger partial charge in [-0.2, -0.15) is 0 Å². The van der Waals surface area contributed by atoms with E-state index in [-0.39, 0.29) is 0 Å². The van der Waals surface area contributed by atoms with E-state index in [1.165, 1.54) is 11.9 Å². The molecule has 0 aliphatic carbocycles. The molecule has 0 radical (unpaired) electrons. The van der Waals surface area contributed by atoms with Gasteiger partial charge in [-0.05, 0) is 22.9 Å². The lowest BCUT2D eigenvalue weighted by Gasteiger charge is -2.15. The van der Waals surface area contributed by atoms with Crippen molar-refractivity contribution in [1.29, 1.82) is 0 Å². The van der Waals surface area contributed by atoms with Crippen molar-refractivity contribution in [2.45, 2.75) is 0 Å². The van der Waals surface area contributed by atoms with Crippen LogP contribution < -0.4 is 10.6 Å². The smallest absolute Gasteiger partial charge is 0.315 e. The molecular weight excluding hydrogens is 216 g/mol. The molecule has 2 aromatic carbocycles. The Morgan fingerprint density at radius 2 is 1.71 bits per heavy atom. The second-order valence-corrected chi connectivity index (χ2v) is 3.76. The lowest BCUT2D eigenvalue weighted by molar-refractivity contribution is -0.135. The van der Waals surface area contributed by atoms with Crippen molar-refractivity contribution in [2.24, 2.45) is 5.73 Å². The zero-order valence-corrected chi connectivity index (χ0v) is 9.38. The number of carbonyl (C=O) groups is 2. The molecule has 0 saturated heterocycles. The van der Waals surface area contributed by atoms with Gasteiger partial charge in [0.25, 0.3) is 0 Å². The first-order chi connectivity index (χ1) is 8.09. The highest BCUT2D eigenvalue weighted by Gasteiger charge is 2.16. The largest absolute Gasteiger partial charge is 0.361 e. The molecule has 2 amide bonds. The zero-order valence-electron chi connectivity index (χ0n) is 9.38. The number of rotatable bonds is 1. The van der Waals surface area contributed by atoms with Gasteiger partial charge in [-0.3, -0.25) is 9.59 Å². The van der Waals surface area contributed by atoms with Crippen LogP contribution in [0.5, 0.6) is 0 Å². The molecule has 4 nitrogen and oxygen atoms in total. The minimum atomic E-state index is -0.958. The topological polar surface area (TPSA) is 63.4 Å². The molecule has 0 heterocycles. The van der Waals surface area contributed by atoms with E-state index in [1.54, 1.807) is 6.07 Å². The molecule has 0 unspecified atom stereocenters. The van der Waals surface area contributed by atoms with Crippen molar-refractivity contribution in [3.05, 3.63) is 42.5 Å². The first kappa shape index (κ1) is 11.1. The summed E-state index contributed by atoms with van der Waals surface area (Å²) in [6.07, 6.45) is 0. The van der Waals surface area contributed by atoms with Gasteiger partial charge in [0.05, 0.1) is 0 Å². The van der Waals surface area contributed by atoms with Gasteiger partial charge in [-0.1, -0.05) is 30.3 Å². The predicted molar refractivity (Wildman–Crippen MR) is 66.6 cm³/mol. The summed E-state index contributed by atoms with van der Waals surface area (Å²) in [5.74, 6) is -1.68. The number of nitrogens with zero attached hydrogens (tertiary/aromatic N) is 1. The molecule has 0 bridgehead atoms. The highest BCUT2D eigenvalue weighted by Crippen LogP contribution is 2.21. The molecule has 2 N–H and O–H groups in total. The normalized spacial score (nSPS) is 10.2. The van der Waals surface area contributed by atoms with Crippen molar-refractivity contribution in [2.75, 3.05) is 11.9 Å². The lowest BCUT2D eigenvalue weighted by Crippen LogP contribution is -2.37. The third-order valence-corrected chi connectivity index (χ3v) is 2.64. The van der Waals surface area contributed by atoms with E-state index < -0.39 is 11.8 Å². The summed E-state index contributed by atoms with van der Waals surface area (Å²) in [6.45, 7) is 0. The molecule has 0 aliphatic rings. The van der Waals surface area contributed by atoms with Crippen LogP contribution in [0.2, 0.25) is 0 Å². The van der Waals surface area contributed by atoms with E-state index in [1.807, 2.05) is 36.4 Å². The third-order valence-electron chi connectivity index (χ3n) is 2.64. The summed E-state index contributed by atoms with van der Waals surface area (Å²) >= 11 is 0. The number of benzene rings is 2. The first-order valence-corrected chi connectivity index (χ1v) is 5.16. The lowest BCUT2D eigenvalue weighted by atomic mass is 10.1. The quantitative estimate of drug-likeness (QED) is 0.747. The number of primary amides is 1. The van der Waals surface area contributed by atoms with Crippen molar-refractivity contribution < 1.29 is 9.59 Å². The Morgan fingerprint density at radius 1 is 1.06 bits per heavy atom. The van der Waals surface area contributed by atoms with Crippen LogP contribution in [0.25, 0.3) is 10.8 Å². The number of fused-ring (bicyclic) bond motifs is 1. The van der Waals surface area contributed by atoms with Crippen LogP contribution in [0, 0.1) is 0 Å². The number of hydrogen-bond donors (Lipinski definition) is 1. The van der Waals surface area contributed by atoms with Gasteiger partial charge in [-0.15, -0.1) is 0 Å². The van der Waals surface area contributed by atoms with Gasteiger partial charge >= 0.3 is 11.8 Å². The number of anilines is 1. The van der Waals surface area contributed by atoms with Crippen LogP contribution in [0.3, 0.4) is 0 Å². The Hall–Kier alpha value is -2.36. The van der Waals surface area contributed by atoms with E-state index in [2.05, 4.69) is 0 Å². The SMILES string of the molecule is CN(C(=O)C(N)=O)c1ccc2ccccc2c1. The van der Waals surface area contributed by atoms with Gasteiger partial charge in [0.1, 0.15) is 0 Å². The van der Waals surface area contributed by atoms with Gasteiger partial charge in [0.15, 0.2) is 0 Å². The van der Waals surface area contributed by atoms with Crippen LogP contribution in [0.15, 0.2) is 42.5 Å². The van der Waals surface area contributed by atoms with E-state index in [0.29, 0.717) is 5.69 Å². The second kappa shape index (κ2) is 4.25. The molecule has 86 valence electrons. The van der Waals surface area contributed by atoms with Gasteiger partial charge in [-0.25, -0.2) is 0 Å². The average molecular weight is 228 g/mol. The standard InChI is InChI=1S/C13H12N2O2/c1-15(13(17)12(14)16)11-7-6-9-4-2-3-5-10(9)8-11/h2-8H,1H3,(H2,14,16). The molecule has 17 heavy (non-hydrogen) atoms. The zero-order chi connectivity index (χ0) is 12.4. The highest BCUT2D eigenvalue weighted by atomic mass is 16.2. The van der Waals surface area contributed by atoms with E-state index >= 15 is 0 Å². The van der Waals surface area contributed by atoms with Gasteiger partial charge in [0, 0.05) is 12.7 Å². The Morgan fingerprint density at radius 3 is 2.35 bits per heavy atom. The van der Waals surface area contributed by atoms with Crippen LogP contribution >= 0.6 is 0 Å².